The molecule has 3 heteroatoms. The number of hydrogen-bond donors (Lipinski definition) is 2. The number of aliphatic hydroxyl groups excluding tert-OH is 1. The zero-order chi connectivity index (χ0) is 11.4. The van der Waals surface area contributed by atoms with Gasteiger partial charge in [-0.2, -0.15) is 0 Å². The van der Waals surface area contributed by atoms with Gasteiger partial charge in [0.15, 0.2) is 0 Å². The first-order valence-electron chi connectivity index (χ1n) is 6.72. The minimum atomic E-state index is 0.0236. The highest BCUT2D eigenvalue weighted by Crippen LogP contribution is 2.30. The maximum absolute atomic E-state index is 9.37. The number of nitrogens with one attached hydrogen (secondary N) is 1. The molecule has 0 aromatic rings. The summed E-state index contributed by atoms with van der Waals surface area (Å²) in [4.78, 5) is 0. The van der Waals surface area contributed by atoms with Gasteiger partial charge in [-0.15, -0.1) is 0 Å². The Morgan fingerprint density at radius 1 is 1.31 bits per heavy atom. The van der Waals surface area contributed by atoms with Crippen LogP contribution in [0.15, 0.2) is 0 Å². The number of rotatable bonds is 5. The lowest BCUT2D eigenvalue weighted by atomic mass is 9.81. The zero-order valence-corrected chi connectivity index (χ0v) is 10.4. The Morgan fingerprint density at radius 2 is 2.06 bits per heavy atom. The summed E-state index contributed by atoms with van der Waals surface area (Å²) in [5, 5.41) is 13.0. The molecule has 0 bridgehead atoms. The molecule has 2 unspecified atom stereocenters. The molecule has 1 aliphatic heterocycles. The van der Waals surface area contributed by atoms with Crippen molar-refractivity contribution < 1.29 is 9.84 Å². The highest BCUT2D eigenvalue weighted by Gasteiger charge is 2.38. The Morgan fingerprint density at radius 3 is 2.62 bits per heavy atom. The minimum absolute atomic E-state index is 0.0236. The molecule has 2 aliphatic rings. The first kappa shape index (κ1) is 12.3. The van der Waals surface area contributed by atoms with Crippen LogP contribution in [0.1, 0.15) is 39.0 Å². The Bertz CT molecular complexity index is 210. The van der Waals surface area contributed by atoms with Crippen molar-refractivity contribution in [2.75, 3.05) is 26.4 Å². The topological polar surface area (TPSA) is 41.5 Å². The van der Waals surface area contributed by atoms with E-state index < -0.39 is 0 Å². The second-order valence-corrected chi connectivity index (χ2v) is 5.59. The molecule has 0 amide bonds. The lowest BCUT2D eigenvalue weighted by Gasteiger charge is -2.42. The van der Waals surface area contributed by atoms with Crippen molar-refractivity contribution in [3.8, 4) is 0 Å². The SMILES string of the molecule is CCC1CCCCC1NCC1(CO)COC1. The summed E-state index contributed by atoms with van der Waals surface area (Å²) in [6.45, 7) is 4.91. The average Bonchev–Trinajstić information content (AvgIpc) is 2.29. The van der Waals surface area contributed by atoms with Crippen LogP contribution >= 0.6 is 0 Å². The molecule has 94 valence electrons. The molecule has 0 spiro atoms. The van der Waals surface area contributed by atoms with Gasteiger partial charge in [0.25, 0.3) is 0 Å². The maximum atomic E-state index is 9.37. The van der Waals surface area contributed by atoms with Gasteiger partial charge >= 0.3 is 0 Å². The van der Waals surface area contributed by atoms with Crippen molar-refractivity contribution in [3.05, 3.63) is 0 Å². The third kappa shape index (κ3) is 2.58. The van der Waals surface area contributed by atoms with E-state index in [1.165, 1.54) is 32.1 Å². The summed E-state index contributed by atoms with van der Waals surface area (Å²) < 4.78 is 5.22. The summed E-state index contributed by atoms with van der Waals surface area (Å²) in [6.07, 6.45) is 6.71. The Hall–Kier alpha value is -0.120. The van der Waals surface area contributed by atoms with Gasteiger partial charge in [-0.1, -0.05) is 26.2 Å². The number of aliphatic hydroxyl groups is 1. The summed E-state index contributed by atoms with van der Waals surface area (Å²) >= 11 is 0. The Kier molecular flexibility index (Phi) is 4.22. The van der Waals surface area contributed by atoms with Crippen LogP contribution in [0.3, 0.4) is 0 Å². The smallest absolute Gasteiger partial charge is 0.0579 e. The molecule has 1 saturated carbocycles. The van der Waals surface area contributed by atoms with Gasteiger partial charge in [-0.05, 0) is 18.8 Å². The fourth-order valence-corrected chi connectivity index (χ4v) is 2.95. The molecule has 2 N–H and O–H groups in total. The van der Waals surface area contributed by atoms with E-state index in [0.717, 1.165) is 25.7 Å². The fraction of sp³-hybridized carbons (Fsp3) is 1.00. The Balaban J connectivity index is 1.79. The number of hydrogen-bond acceptors (Lipinski definition) is 3. The highest BCUT2D eigenvalue weighted by atomic mass is 16.5. The molecule has 2 atom stereocenters. The summed E-state index contributed by atoms with van der Waals surface area (Å²) in [5.41, 5.74) is 0.0236. The van der Waals surface area contributed by atoms with Crippen LogP contribution in [-0.2, 0) is 4.74 Å². The van der Waals surface area contributed by atoms with E-state index in [2.05, 4.69) is 12.2 Å². The van der Waals surface area contributed by atoms with E-state index in [9.17, 15) is 5.11 Å². The van der Waals surface area contributed by atoms with Gasteiger partial charge in [0.2, 0.25) is 0 Å². The predicted molar refractivity (Wildman–Crippen MR) is 64.4 cm³/mol. The van der Waals surface area contributed by atoms with E-state index in [1.807, 2.05) is 0 Å². The molecule has 1 aliphatic carbocycles. The molecular formula is C13H25NO2. The second-order valence-electron chi connectivity index (χ2n) is 5.59. The van der Waals surface area contributed by atoms with E-state index in [4.69, 9.17) is 4.74 Å². The first-order chi connectivity index (χ1) is 7.79. The lowest BCUT2D eigenvalue weighted by Crippen LogP contribution is -2.55. The minimum Gasteiger partial charge on any atom is -0.396 e. The average molecular weight is 227 g/mol. The molecule has 1 saturated heterocycles. The van der Waals surface area contributed by atoms with Crippen LogP contribution in [0.5, 0.6) is 0 Å². The molecule has 2 rings (SSSR count). The van der Waals surface area contributed by atoms with Crippen molar-refractivity contribution in [2.24, 2.45) is 11.3 Å². The van der Waals surface area contributed by atoms with E-state index in [-0.39, 0.29) is 12.0 Å². The van der Waals surface area contributed by atoms with Crippen LogP contribution in [-0.4, -0.2) is 37.5 Å². The predicted octanol–water partition coefficient (Wildman–Crippen LogP) is 1.55. The largest absolute Gasteiger partial charge is 0.396 e. The fourth-order valence-electron chi connectivity index (χ4n) is 2.95. The quantitative estimate of drug-likeness (QED) is 0.749. The molecular weight excluding hydrogens is 202 g/mol. The molecule has 16 heavy (non-hydrogen) atoms. The third-order valence-electron chi connectivity index (χ3n) is 4.32. The van der Waals surface area contributed by atoms with E-state index in [0.29, 0.717) is 6.04 Å². The summed E-state index contributed by atoms with van der Waals surface area (Å²) in [7, 11) is 0. The van der Waals surface area contributed by atoms with Crippen molar-refractivity contribution >= 4 is 0 Å². The van der Waals surface area contributed by atoms with Gasteiger partial charge < -0.3 is 15.2 Å². The first-order valence-corrected chi connectivity index (χ1v) is 6.72. The molecule has 2 fully saturated rings. The van der Waals surface area contributed by atoms with Crippen LogP contribution in [0.2, 0.25) is 0 Å². The molecule has 3 nitrogen and oxygen atoms in total. The van der Waals surface area contributed by atoms with Gasteiger partial charge in [-0.3, -0.25) is 0 Å². The van der Waals surface area contributed by atoms with Crippen LogP contribution in [0.4, 0.5) is 0 Å². The van der Waals surface area contributed by atoms with Crippen molar-refractivity contribution in [2.45, 2.75) is 45.1 Å². The summed E-state index contributed by atoms with van der Waals surface area (Å²) in [5.74, 6) is 0.838. The lowest BCUT2D eigenvalue weighted by molar-refractivity contribution is -0.135. The zero-order valence-electron chi connectivity index (χ0n) is 10.4. The monoisotopic (exact) mass is 227 g/mol. The van der Waals surface area contributed by atoms with Gasteiger partial charge in [0.05, 0.1) is 25.2 Å². The maximum Gasteiger partial charge on any atom is 0.0579 e. The normalized spacial score (nSPS) is 33.4. The van der Waals surface area contributed by atoms with Gasteiger partial charge in [0.1, 0.15) is 0 Å². The summed E-state index contributed by atoms with van der Waals surface area (Å²) in [6, 6.07) is 0.669. The van der Waals surface area contributed by atoms with E-state index >= 15 is 0 Å². The molecule has 0 aromatic heterocycles. The van der Waals surface area contributed by atoms with Crippen LogP contribution in [0.25, 0.3) is 0 Å². The van der Waals surface area contributed by atoms with Crippen molar-refractivity contribution in [3.63, 3.8) is 0 Å². The van der Waals surface area contributed by atoms with E-state index in [1.54, 1.807) is 0 Å². The Labute approximate surface area is 98.6 Å². The van der Waals surface area contributed by atoms with Gasteiger partial charge in [-0.25, -0.2) is 0 Å². The van der Waals surface area contributed by atoms with Gasteiger partial charge in [0, 0.05) is 12.6 Å². The second kappa shape index (κ2) is 5.48. The van der Waals surface area contributed by atoms with Crippen molar-refractivity contribution in [1.29, 1.82) is 0 Å². The molecule has 1 heterocycles. The van der Waals surface area contributed by atoms with Crippen LogP contribution < -0.4 is 5.32 Å². The molecule has 0 radical (unpaired) electrons. The standard InChI is InChI=1S/C13H25NO2/c1-2-11-5-3-4-6-12(11)14-7-13(8-15)9-16-10-13/h11-12,14-15H,2-10H2,1H3. The highest BCUT2D eigenvalue weighted by molar-refractivity contribution is 4.90. The van der Waals surface area contributed by atoms with Crippen LogP contribution in [0, 0.1) is 11.3 Å². The molecule has 0 aromatic carbocycles. The third-order valence-corrected chi connectivity index (χ3v) is 4.32. The number of ether oxygens (including phenoxy) is 1. The van der Waals surface area contributed by atoms with Crippen molar-refractivity contribution in [1.82, 2.24) is 5.32 Å².